The van der Waals surface area contributed by atoms with Crippen molar-refractivity contribution < 1.29 is 22.4 Å². The molecule has 0 bridgehead atoms. The number of piperazine rings is 1. The van der Waals surface area contributed by atoms with E-state index in [1.54, 1.807) is 6.07 Å². The van der Waals surface area contributed by atoms with Crippen molar-refractivity contribution >= 4 is 11.5 Å². The molecule has 0 saturated carbocycles. The summed E-state index contributed by atoms with van der Waals surface area (Å²) >= 11 is 0. The number of hydrogen-bond donors (Lipinski definition) is 0. The summed E-state index contributed by atoms with van der Waals surface area (Å²) in [4.78, 5) is 16.1. The van der Waals surface area contributed by atoms with Crippen LogP contribution in [0.1, 0.15) is 15.9 Å². The van der Waals surface area contributed by atoms with E-state index < -0.39 is 17.6 Å². The molecule has 7 heteroatoms. The number of benzene rings is 2. The van der Waals surface area contributed by atoms with Gasteiger partial charge in [0.15, 0.2) is 5.78 Å². The summed E-state index contributed by atoms with van der Waals surface area (Å²) in [5.74, 6) is -0.492. The fourth-order valence-corrected chi connectivity index (χ4v) is 2.97. The predicted molar refractivity (Wildman–Crippen MR) is 90.8 cm³/mol. The van der Waals surface area contributed by atoms with Crippen molar-refractivity contribution in [2.75, 3.05) is 37.6 Å². The van der Waals surface area contributed by atoms with Gasteiger partial charge < -0.3 is 4.90 Å². The lowest BCUT2D eigenvalue weighted by Gasteiger charge is -2.36. The zero-order valence-electron chi connectivity index (χ0n) is 14.0. The molecule has 0 aromatic heterocycles. The highest BCUT2D eigenvalue weighted by atomic mass is 19.4. The van der Waals surface area contributed by atoms with Gasteiger partial charge in [0.05, 0.1) is 12.1 Å². The second kappa shape index (κ2) is 7.45. The van der Waals surface area contributed by atoms with Crippen LogP contribution in [-0.4, -0.2) is 43.4 Å². The number of nitrogens with zero attached hydrogens (tertiary/aromatic N) is 2. The lowest BCUT2D eigenvalue weighted by Crippen LogP contribution is -2.48. The quantitative estimate of drug-likeness (QED) is 0.607. The molecule has 0 aliphatic carbocycles. The third-order valence-corrected chi connectivity index (χ3v) is 4.44. The van der Waals surface area contributed by atoms with Gasteiger partial charge in [-0.3, -0.25) is 9.69 Å². The van der Waals surface area contributed by atoms with E-state index in [-0.39, 0.29) is 12.3 Å². The summed E-state index contributed by atoms with van der Waals surface area (Å²) in [6.45, 7) is 2.43. The number of carbonyl (C=O) groups is 1. The van der Waals surface area contributed by atoms with Crippen molar-refractivity contribution in [1.29, 1.82) is 0 Å². The third kappa shape index (κ3) is 4.40. The van der Waals surface area contributed by atoms with Crippen LogP contribution >= 0.6 is 0 Å². The summed E-state index contributed by atoms with van der Waals surface area (Å²) in [5.41, 5.74) is 0.319. The van der Waals surface area contributed by atoms with Gasteiger partial charge in [-0.1, -0.05) is 6.07 Å². The Hall–Kier alpha value is -2.41. The van der Waals surface area contributed by atoms with Crippen LogP contribution in [0, 0.1) is 5.82 Å². The number of hydrogen-bond acceptors (Lipinski definition) is 3. The van der Waals surface area contributed by atoms with E-state index in [1.807, 2.05) is 9.80 Å². The van der Waals surface area contributed by atoms with E-state index in [4.69, 9.17) is 0 Å². The smallest absolute Gasteiger partial charge is 0.369 e. The van der Waals surface area contributed by atoms with Crippen molar-refractivity contribution in [2.45, 2.75) is 6.18 Å². The number of ketones is 1. The first-order valence-electron chi connectivity index (χ1n) is 8.26. The first-order chi connectivity index (χ1) is 12.3. The summed E-state index contributed by atoms with van der Waals surface area (Å²) in [6.07, 6.45) is -4.36. The van der Waals surface area contributed by atoms with Gasteiger partial charge in [0, 0.05) is 37.4 Å². The molecule has 1 fully saturated rings. The highest BCUT2D eigenvalue weighted by Crippen LogP contribution is 2.31. The molecule has 3 rings (SSSR count). The molecule has 2 aromatic rings. The van der Waals surface area contributed by atoms with Crippen LogP contribution in [0.15, 0.2) is 48.5 Å². The maximum atomic E-state index is 12.9. The Labute approximate surface area is 148 Å². The number of anilines is 1. The van der Waals surface area contributed by atoms with Crippen LogP contribution < -0.4 is 4.90 Å². The number of Topliss-reactive ketones (excluding diaryl/α,β-unsaturated/α-hetero) is 1. The number of alkyl halides is 3. The van der Waals surface area contributed by atoms with Gasteiger partial charge in [-0.15, -0.1) is 0 Å². The molecule has 0 unspecified atom stereocenters. The van der Waals surface area contributed by atoms with Crippen molar-refractivity contribution in [3.63, 3.8) is 0 Å². The average molecular weight is 366 g/mol. The highest BCUT2D eigenvalue weighted by molar-refractivity contribution is 5.97. The summed E-state index contributed by atoms with van der Waals surface area (Å²) < 4.78 is 51.4. The first-order valence-corrected chi connectivity index (χ1v) is 8.26. The van der Waals surface area contributed by atoms with E-state index in [9.17, 15) is 22.4 Å². The standard InChI is InChI=1S/C19H18F4N2O/c20-16-6-4-14(5-7-16)18(26)13-24-8-10-25(11-9-24)17-3-1-2-15(12-17)19(21,22)23/h1-7,12H,8-11,13H2. The van der Waals surface area contributed by atoms with Crippen LogP contribution in [0.2, 0.25) is 0 Å². The Morgan fingerprint density at radius 1 is 0.962 bits per heavy atom. The molecule has 0 amide bonds. The first kappa shape index (κ1) is 18.4. The fraction of sp³-hybridized carbons (Fsp3) is 0.316. The van der Waals surface area contributed by atoms with Gasteiger partial charge in [0.25, 0.3) is 0 Å². The largest absolute Gasteiger partial charge is 0.416 e. The number of carbonyl (C=O) groups excluding carboxylic acids is 1. The van der Waals surface area contributed by atoms with E-state index in [2.05, 4.69) is 0 Å². The zero-order chi connectivity index (χ0) is 18.7. The molecule has 138 valence electrons. The Bertz CT molecular complexity index is 766. The minimum Gasteiger partial charge on any atom is -0.369 e. The highest BCUT2D eigenvalue weighted by Gasteiger charge is 2.31. The predicted octanol–water partition coefficient (Wildman–Crippen LogP) is 3.85. The normalized spacial score (nSPS) is 15.9. The van der Waals surface area contributed by atoms with Crippen LogP contribution in [-0.2, 0) is 6.18 Å². The number of halogens is 4. The monoisotopic (exact) mass is 366 g/mol. The molecule has 0 spiro atoms. The van der Waals surface area contributed by atoms with Crippen LogP contribution in [0.5, 0.6) is 0 Å². The fourth-order valence-electron chi connectivity index (χ4n) is 2.97. The van der Waals surface area contributed by atoms with Gasteiger partial charge in [-0.2, -0.15) is 13.2 Å². The summed E-state index contributed by atoms with van der Waals surface area (Å²) in [6, 6.07) is 10.7. The van der Waals surface area contributed by atoms with Gasteiger partial charge in [0.1, 0.15) is 5.82 Å². The molecule has 1 aliphatic heterocycles. The minimum atomic E-state index is -4.36. The summed E-state index contributed by atoms with van der Waals surface area (Å²) in [5, 5.41) is 0. The van der Waals surface area contributed by atoms with Crippen molar-refractivity contribution in [3.05, 3.63) is 65.5 Å². The van der Waals surface area contributed by atoms with E-state index in [0.29, 0.717) is 37.4 Å². The molecular weight excluding hydrogens is 348 g/mol. The molecule has 1 aliphatic rings. The van der Waals surface area contributed by atoms with Gasteiger partial charge in [-0.05, 0) is 42.5 Å². The van der Waals surface area contributed by atoms with Gasteiger partial charge in [-0.25, -0.2) is 4.39 Å². The zero-order valence-corrected chi connectivity index (χ0v) is 14.0. The Morgan fingerprint density at radius 3 is 2.23 bits per heavy atom. The molecule has 0 N–H and O–H groups in total. The molecule has 3 nitrogen and oxygen atoms in total. The van der Waals surface area contributed by atoms with Crippen molar-refractivity contribution in [1.82, 2.24) is 4.90 Å². The third-order valence-electron chi connectivity index (χ3n) is 4.44. The Balaban J connectivity index is 1.57. The van der Waals surface area contributed by atoms with E-state index in [0.717, 1.165) is 12.1 Å². The lowest BCUT2D eigenvalue weighted by atomic mass is 10.1. The van der Waals surface area contributed by atoms with Crippen molar-refractivity contribution in [3.8, 4) is 0 Å². The maximum Gasteiger partial charge on any atom is 0.416 e. The van der Waals surface area contributed by atoms with Crippen molar-refractivity contribution in [2.24, 2.45) is 0 Å². The molecule has 1 saturated heterocycles. The maximum absolute atomic E-state index is 12.9. The van der Waals surface area contributed by atoms with Crippen LogP contribution in [0.4, 0.5) is 23.2 Å². The summed E-state index contributed by atoms with van der Waals surface area (Å²) in [7, 11) is 0. The minimum absolute atomic E-state index is 0.0995. The van der Waals surface area contributed by atoms with Crippen LogP contribution in [0.3, 0.4) is 0 Å². The molecule has 2 aromatic carbocycles. The van der Waals surface area contributed by atoms with Gasteiger partial charge >= 0.3 is 6.18 Å². The number of rotatable bonds is 4. The second-order valence-corrected chi connectivity index (χ2v) is 6.24. The Morgan fingerprint density at radius 2 is 1.62 bits per heavy atom. The SMILES string of the molecule is O=C(CN1CCN(c2cccc(C(F)(F)F)c2)CC1)c1ccc(F)cc1. The van der Waals surface area contributed by atoms with Crippen LogP contribution in [0.25, 0.3) is 0 Å². The molecule has 0 atom stereocenters. The van der Waals surface area contributed by atoms with E-state index >= 15 is 0 Å². The second-order valence-electron chi connectivity index (χ2n) is 6.24. The van der Waals surface area contributed by atoms with E-state index in [1.165, 1.54) is 30.3 Å². The topological polar surface area (TPSA) is 23.6 Å². The Kier molecular flexibility index (Phi) is 5.27. The molecule has 0 radical (unpaired) electrons. The molecule has 26 heavy (non-hydrogen) atoms. The lowest BCUT2D eigenvalue weighted by molar-refractivity contribution is -0.137. The molecule has 1 heterocycles. The average Bonchev–Trinajstić information content (AvgIpc) is 2.62. The van der Waals surface area contributed by atoms with Gasteiger partial charge in [0.2, 0.25) is 0 Å². The molecular formula is C19H18F4N2O.